The molecule has 0 amide bonds. The van der Waals surface area contributed by atoms with Gasteiger partial charge in [0.1, 0.15) is 0 Å². The van der Waals surface area contributed by atoms with Crippen LogP contribution in [0.4, 0.5) is 5.95 Å². The van der Waals surface area contributed by atoms with E-state index in [2.05, 4.69) is 30.8 Å². The van der Waals surface area contributed by atoms with Crippen LogP contribution in [0.25, 0.3) is 0 Å². The third-order valence-corrected chi connectivity index (χ3v) is 3.38. The molecule has 6 heteroatoms. The van der Waals surface area contributed by atoms with E-state index >= 15 is 0 Å². The zero-order valence-electron chi connectivity index (χ0n) is 10.7. The summed E-state index contributed by atoms with van der Waals surface area (Å²) in [5.74, 6) is 1.33. The Morgan fingerprint density at radius 1 is 1.61 bits per heavy atom. The molecule has 1 saturated heterocycles. The minimum atomic E-state index is 0.115. The van der Waals surface area contributed by atoms with Gasteiger partial charge in [-0.25, -0.2) is 4.98 Å². The van der Waals surface area contributed by atoms with Gasteiger partial charge in [-0.2, -0.15) is 4.98 Å². The van der Waals surface area contributed by atoms with Gasteiger partial charge >= 0.3 is 0 Å². The van der Waals surface area contributed by atoms with Crippen molar-refractivity contribution in [3.63, 3.8) is 0 Å². The molecule has 2 rings (SSSR count). The van der Waals surface area contributed by atoms with Gasteiger partial charge < -0.3 is 14.4 Å². The highest BCUT2D eigenvalue weighted by Gasteiger charge is 2.24. The number of hydrogen-bond donors (Lipinski definition) is 0. The summed E-state index contributed by atoms with van der Waals surface area (Å²) >= 11 is 3.50. The smallest absolute Gasteiger partial charge is 0.229 e. The average Bonchev–Trinajstić information content (AvgIpc) is 2.38. The highest BCUT2D eigenvalue weighted by atomic mass is 79.9. The monoisotopic (exact) mass is 315 g/mol. The Morgan fingerprint density at radius 2 is 2.44 bits per heavy atom. The molecule has 1 aromatic rings. The maximum Gasteiger partial charge on any atom is 0.229 e. The Hall–Kier alpha value is -0.880. The first-order chi connectivity index (χ1) is 8.70. The van der Waals surface area contributed by atoms with Crippen LogP contribution in [0.15, 0.2) is 12.3 Å². The lowest BCUT2D eigenvalue weighted by atomic mass is 10.3. The first-order valence-electron chi connectivity index (χ1n) is 6.10. The molecule has 0 saturated carbocycles. The third-order valence-electron chi connectivity index (χ3n) is 2.64. The summed E-state index contributed by atoms with van der Waals surface area (Å²) in [6.45, 7) is 6.18. The Morgan fingerprint density at radius 3 is 3.17 bits per heavy atom. The zero-order valence-corrected chi connectivity index (χ0v) is 12.3. The van der Waals surface area contributed by atoms with Crippen LogP contribution >= 0.6 is 15.9 Å². The number of aromatic nitrogens is 2. The van der Waals surface area contributed by atoms with E-state index in [9.17, 15) is 0 Å². The van der Waals surface area contributed by atoms with Crippen LogP contribution in [0.1, 0.15) is 13.8 Å². The second-order valence-corrected chi connectivity index (χ2v) is 5.09. The van der Waals surface area contributed by atoms with Crippen molar-refractivity contribution >= 4 is 21.9 Å². The number of ether oxygens (including phenoxy) is 2. The van der Waals surface area contributed by atoms with Crippen molar-refractivity contribution in [3.05, 3.63) is 12.3 Å². The summed E-state index contributed by atoms with van der Waals surface area (Å²) in [7, 11) is 0. The third kappa shape index (κ3) is 3.32. The molecular formula is C12H18BrN3O2. The molecule has 0 aromatic carbocycles. The molecule has 1 aliphatic rings. The standard InChI is InChI=1S/C12H18BrN3O2/c1-9(2)18-11-3-4-14-12(15-11)16-5-6-17-8-10(16)7-13/h3-4,9-10H,5-8H2,1-2H3. The minimum absolute atomic E-state index is 0.115. The van der Waals surface area contributed by atoms with Gasteiger partial charge in [0, 0.05) is 24.1 Å². The topological polar surface area (TPSA) is 47.5 Å². The lowest BCUT2D eigenvalue weighted by Gasteiger charge is -2.34. The van der Waals surface area contributed by atoms with Crippen molar-refractivity contribution in [3.8, 4) is 5.88 Å². The molecule has 0 aliphatic carbocycles. The van der Waals surface area contributed by atoms with Crippen molar-refractivity contribution in [1.29, 1.82) is 0 Å². The molecule has 0 bridgehead atoms. The zero-order chi connectivity index (χ0) is 13.0. The Kier molecular flexibility index (Phi) is 4.77. The fraction of sp³-hybridized carbons (Fsp3) is 0.667. The van der Waals surface area contributed by atoms with E-state index in [1.165, 1.54) is 0 Å². The lowest BCUT2D eigenvalue weighted by Crippen LogP contribution is -2.47. The Labute approximate surface area is 116 Å². The van der Waals surface area contributed by atoms with E-state index in [4.69, 9.17) is 9.47 Å². The summed E-state index contributed by atoms with van der Waals surface area (Å²) in [6.07, 6.45) is 1.85. The molecule has 5 nitrogen and oxygen atoms in total. The second-order valence-electron chi connectivity index (χ2n) is 4.44. The number of rotatable bonds is 4. The van der Waals surface area contributed by atoms with Gasteiger partial charge in [-0.05, 0) is 13.8 Å². The lowest BCUT2D eigenvalue weighted by molar-refractivity contribution is 0.0994. The molecule has 0 N–H and O–H groups in total. The SMILES string of the molecule is CC(C)Oc1ccnc(N2CCOCC2CBr)n1. The average molecular weight is 316 g/mol. The molecule has 0 spiro atoms. The van der Waals surface area contributed by atoms with Crippen molar-refractivity contribution in [2.24, 2.45) is 0 Å². The Balaban J connectivity index is 2.15. The van der Waals surface area contributed by atoms with Crippen LogP contribution in [0.5, 0.6) is 5.88 Å². The highest BCUT2D eigenvalue weighted by molar-refractivity contribution is 9.09. The number of morpholine rings is 1. The summed E-state index contributed by atoms with van der Waals surface area (Å²) in [4.78, 5) is 10.9. The normalized spacial score (nSPS) is 20.2. The van der Waals surface area contributed by atoms with Crippen LogP contribution in [0.2, 0.25) is 0 Å². The maximum absolute atomic E-state index is 5.59. The molecule has 1 unspecified atom stereocenters. The molecule has 1 fully saturated rings. The van der Waals surface area contributed by atoms with E-state index in [0.29, 0.717) is 25.0 Å². The van der Waals surface area contributed by atoms with E-state index in [1.807, 2.05) is 13.8 Å². The first-order valence-corrected chi connectivity index (χ1v) is 7.23. The van der Waals surface area contributed by atoms with E-state index in [1.54, 1.807) is 12.3 Å². The predicted molar refractivity (Wildman–Crippen MR) is 73.5 cm³/mol. The van der Waals surface area contributed by atoms with Crippen molar-refractivity contribution in [1.82, 2.24) is 9.97 Å². The van der Waals surface area contributed by atoms with Crippen LogP contribution in [-0.2, 0) is 4.74 Å². The van der Waals surface area contributed by atoms with E-state index in [0.717, 1.165) is 11.9 Å². The first kappa shape index (κ1) is 13.5. The second kappa shape index (κ2) is 6.33. The van der Waals surface area contributed by atoms with E-state index in [-0.39, 0.29) is 12.1 Å². The molecule has 100 valence electrons. The summed E-state index contributed by atoms with van der Waals surface area (Å²) in [6, 6.07) is 2.06. The maximum atomic E-state index is 5.59. The quantitative estimate of drug-likeness (QED) is 0.794. The van der Waals surface area contributed by atoms with Gasteiger partial charge in [-0.1, -0.05) is 15.9 Å². The van der Waals surface area contributed by atoms with Crippen LogP contribution in [-0.4, -0.2) is 47.2 Å². The van der Waals surface area contributed by atoms with Crippen LogP contribution in [0.3, 0.4) is 0 Å². The van der Waals surface area contributed by atoms with Gasteiger partial charge in [0.05, 0.1) is 25.4 Å². The molecular weight excluding hydrogens is 298 g/mol. The molecule has 2 heterocycles. The van der Waals surface area contributed by atoms with Gasteiger partial charge in [-0.15, -0.1) is 0 Å². The fourth-order valence-electron chi connectivity index (χ4n) is 1.82. The van der Waals surface area contributed by atoms with E-state index < -0.39 is 0 Å². The van der Waals surface area contributed by atoms with Gasteiger partial charge in [0.15, 0.2) is 0 Å². The summed E-state index contributed by atoms with van der Waals surface area (Å²) < 4.78 is 11.1. The largest absolute Gasteiger partial charge is 0.475 e. The molecule has 1 atom stereocenters. The number of anilines is 1. The summed E-state index contributed by atoms with van der Waals surface area (Å²) in [5.41, 5.74) is 0. The van der Waals surface area contributed by atoms with Crippen LogP contribution < -0.4 is 9.64 Å². The van der Waals surface area contributed by atoms with Gasteiger partial charge in [0.25, 0.3) is 0 Å². The minimum Gasteiger partial charge on any atom is -0.475 e. The number of halogens is 1. The molecule has 18 heavy (non-hydrogen) atoms. The van der Waals surface area contributed by atoms with Gasteiger partial charge in [-0.3, -0.25) is 0 Å². The van der Waals surface area contributed by atoms with Crippen molar-refractivity contribution in [2.45, 2.75) is 26.0 Å². The fourth-order valence-corrected chi connectivity index (χ4v) is 2.36. The van der Waals surface area contributed by atoms with Gasteiger partial charge in [0.2, 0.25) is 11.8 Å². The highest BCUT2D eigenvalue weighted by Crippen LogP contribution is 2.19. The Bertz CT molecular complexity index is 389. The molecule has 0 radical (unpaired) electrons. The van der Waals surface area contributed by atoms with Crippen molar-refractivity contribution < 1.29 is 9.47 Å². The number of hydrogen-bond acceptors (Lipinski definition) is 5. The number of nitrogens with zero attached hydrogens (tertiary/aromatic N) is 3. The summed E-state index contributed by atoms with van der Waals surface area (Å²) in [5, 5.41) is 0.839. The molecule has 1 aromatic heterocycles. The van der Waals surface area contributed by atoms with Crippen LogP contribution in [0, 0.1) is 0 Å². The number of alkyl halides is 1. The molecule has 1 aliphatic heterocycles. The predicted octanol–water partition coefficient (Wildman–Crippen LogP) is 1.86. The van der Waals surface area contributed by atoms with Crippen molar-refractivity contribution in [2.75, 3.05) is 30.0 Å².